The summed E-state index contributed by atoms with van der Waals surface area (Å²) in [6, 6.07) is -0.306. The molecule has 2 unspecified atom stereocenters. The van der Waals surface area contributed by atoms with Gasteiger partial charge in [-0.2, -0.15) is 0 Å². The Morgan fingerprint density at radius 3 is 3.05 bits per heavy atom. The lowest BCUT2D eigenvalue weighted by molar-refractivity contribution is -0.131. The van der Waals surface area contributed by atoms with Gasteiger partial charge in [0.1, 0.15) is 0 Å². The number of nitrogens with one attached hydrogen (secondary N) is 1. The molecule has 2 aliphatic rings. The average Bonchev–Trinajstić information content (AvgIpc) is 2.47. The van der Waals surface area contributed by atoms with Crippen LogP contribution in [-0.2, 0) is 9.59 Å². The second-order valence-electron chi connectivity index (χ2n) is 4.37. The van der Waals surface area contributed by atoms with E-state index in [2.05, 4.69) is 4.99 Å². The smallest absolute Gasteiger partial charge is 0.267 e. The second kappa shape index (κ2) is 6.27. The van der Waals surface area contributed by atoms with E-state index in [-0.39, 0.29) is 31.0 Å². The van der Waals surface area contributed by atoms with Gasteiger partial charge in [0.2, 0.25) is 5.91 Å². The first-order chi connectivity index (χ1) is 9.65. The van der Waals surface area contributed by atoms with E-state index in [9.17, 15) is 9.59 Å². The van der Waals surface area contributed by atoms with E-state index in [1.54, 1.807) is 18.2 Å². The van der Waals surface area contributed by atoms with E-state index in [0.29, 0.717) is 0 Å². The van der Waals surface area contributed by atoms with Crippen LogP contribution in [0.3, 0.4) is 0 Å². The average molecular weight is 277 g/mol. The van der Waals surface area contributed by atoms with Gasteiger partial charge in [0.25, 0.3) is 5.91 Å². The lowest BCUT2D eigenvalue weighted by Crippen LogP contribution is -2.44. The number of hydroxylamine groups is 1. The minimum absolute atomic E-state index is 0.109. The summed E-state index contributed by atoms with van der Waals surface area (Å²) in [6.45, 7) is 0.117. The van der Waals surface area contributed by atoms with Crippen molar-refractivity contribution in [1.82, 2.24) is 10.4 Å². The third-order valence-electron chi connectivity index (χ3n) is 3.05. The number of aliphatic hydroxyl groups excluding tert-OH is 1. The Morgan fingerprint density at radius 1 is 1.55 bits per heavy atom. The van der Waals surface area contributed by atoms with Crippen molar-refractivity contribution in [3.63, 3.8) is 0 Å². The Balaban J connectivity index is 2.12. The molecule has 0 aromatic rings. The second-order valence-corrected chi connectivity index (χ2v) is 4.37. The van der Waals surface area contributed by atoms with Gasteiger partial charge < -0.3 is 10.0 Å². The number of aliphatic hydroxyl groups is 1. The molecule has 2 atom stereocenters. The fourth-order valence-corrected chi connectivity index (χ4v) is 2.05. The van der Waals surface area contributed by atoms with Gasteiger partial charge in [0.15, 0.2) is 0 Å². The van der Waals surface area contributed by atoms with Crippen molar-refractivity contribution in [2.75, 3.05) is 13.2 Å². The Labute approximate surface area is 115 Å². The maximum atomic E-state index is 12.1. The first-order valence-electron chi connectivity index (χ1n) is 6.12. The summed E-state index contributed by atoms with van der Waals surface area (Å²) in [5.74, 6) is -1.11. The van der Waals surface area contributed by atoms with Gasteiger partial charge in [0, 0.05) is 12.6 Å². The van der Waals surface area contributed by atoms with Crippen LogP contribution in [0.15, 0.2) is 40.9 Å². The number of hydrogen-bond donors (Lipinski definition) is 3. The number of amides is 2. The van der Waals surface area contributed by atoms with Crippen molar-refractivity contribution in [2.45, 2.75) is 6.04 Å². The van der Waals surface area contributed by atoms with Crippen LogP contribution in [-0.4, -0.2) is 52.6 Å². The van der Waals surface area contributed by atoms with E-state index in [4.69, 9.17) is 10.3 Å². The van der Waals surface area contributed by atoms with Crippen molar-refractivity contribution in [2.24, 2.45) is 10.9 Å². The molecule has 3 N–H and O–H groups in total. The van der Waals surface area contributed by atoms with Gasteiger partial charge in [-0.1, -0.05) is 18.2 Å². The first kappa shape index (κ1) is 14.2. The molecule has 0 aromatic carbocycles. The number of aliphatic imine (C=N–C) groups is 1. The van der Waals surface area contributed by atoms with E-state index < -0.39 is 5.91 Å². The van der Waals surface area contributed by atoms with Crippen LogP contribution in [0.4, 0.5) is 0 Å². The Kier molecular flexibility index (Phi) is 4.44. The van der Waals surface area contributed by atoms with Crippen LogP contribution >= 0.6 is 0 Å². The summed E-state index contributed by atoms with van der Waals surface area (Å²) in [7, 11) is 0. The topological polar surface area (TPSA) is 102 Å². The van der Waals surface area contributed by atoms with Gasteiger partial charge >= 0.3 is 0 Å². The van der Waals surface area contributed by atoms with E-state index in [1.807, 2.05) is 0 Å². The fraction of sp³-hybridized carbons (Fsp3) is 0.308. The fourth-order valence-electron chi connectivity index (χ4n) is 2.05. The maximum absolute atomic E-state index is 12.1. The van der Waals surface area contributed by atoms with Crippen LogP contribution in [0.1, 0.15) is 0 Å². The minimum Gasteiger partial charge on any atom is -0.395 e. The SMILES string of the molecule is O=C(/C=C/C1=CC2N=CN(CCO)C(=O)C2C=C1)NO. The molecule has 0 saturated carbocycles. The van der Waals surface area contributed by atoms with Crippen LogP contribution in [0.5, 0.6) is 0 Å². The van der Waals surface area contributed by atoms with Gasteiger partial charge in [-0.15, -0.1) is 0 Å². The molecule has 20 heavy (non-hydrogen) atoms. The third-order valence-corrected chi connectivity index (χ3v) is 3.05. The number of nitrogens with zero attached hydrogens (tertiary/aromatic N) is 2. The molecule has 106 valence electrons. The van der Waals surface area contributed by atoms with Gasteiger partial charge in [-0.25, -0.2) is 5.48 Å². The van der Waals surface area contributed by atoms with Crippen LogP contribution in [0.25, 0.3) is 0 Å². The predicted molar refractivity (Wildman–Crippen MR) is 70.9 cm³/mol. The first-order valence-corrected chi connectivity index (χ1v) is 6.12. The highest BCUT2D eigenvalue weighted by atomic mass is 16.5. The van der Waals surface area contributed by atoms with Gasteiger partial charge in [-0.3, -0.25) is 19.8 Å². The summed E-state index contributed by atoms with van der Waals surface area (Å²) < 4.78 is 0. The van der Waals surface area contributed by atoms with E-state index in [1.165, 1.54) is 28.9 Å². The van der Waals surface area contributed by atoms with Crippen LogP contribution in [0, 0.1) is 5.92 Å². The highest BCUT2D eigenvalue weighted by molar-refractivity contribution is 5.94. The summed E-state index contributed by atoms with van der Waals surface area (Å²) >= 11 is 0. The molecular formula is C13H15N3O4. The molecule has 7 heteroatoms. The zero-order valence-electron chi connectivity index (χ0n) is 10.6. The Hall–Kier alpha value is -2.25. The normalized spacial score (nSPS) is 24.8. The highest BCUT2D eigenvalue weighted by Crippen LogP contribution is 2.25. The largest absolute Gasteiger partial charge is 0.395 e. The number of carbonyl (C=O) groups is 2. The molecule has 0 aromatic heterocycles. The number of carbonyl (C=O) groups excluding carboxylic acids is 2. The molecule has 1 aliphatic carbocycles. The molecule has 0 fully saturated rings. The summed E-state index contributed by atoms with van der Waals surface area (Å²) in [5, 5.41) is 17.3. The molecule has 0 radical (unpaired) electrons. The molecular weight excluding hydrogens is 262 g/mol. The van der Waals surface area contributed by atoms with Crippen LogP contribution < -0.4 is 5.48 Å². The zero-order chi connectivity index (χ0) is 14.5. The van der Waals surface area contributed by atoms with Crippen molar-refractivity contribution < 1.29 is 19.9 Å². The molecule has 7 nitrogen and oxygen atoms in total. The molecule has 1 heterocycles. The number of β-amino-alcohol motifs (C(OH)–C–C–N with tert-alkyl or cyclic N) is 1. The van der Waals surface area contributed by atoms with Crippen molar-refractivity contribution in [3.05, 3.63) is 36.0 Å². The summed E-state index contributed by atoms with van der Waals surface area (Å²) in [4.78, 5) is 28.6. The summed E-state index contributed by atoms with van der Waals surface area (Å²) in [5.41, 5.74) is 2.23. The number of fused-ring (bicyclic) bond motifs is 1. The Morgan fingerprint density at radius 2 is 2.35 bits per heavy atom. The summed E-state index contributed by atoms with van der Waals surface area (Å²) in [6.07, 6.45) is 9.36. The molecule has 0 bridgehead atoms. The molecule has 0 saturated heterocycles. The van der Waals surface area contributed by atoms with E-state index >= 15 is 0 Å². The van der Waals surface area contributed by atoms with Crippen LogP contribution in [0.2, 0.25) is 0 Å². The molecule has 1 aliphatic heterocycles. The third kappa shape index (κ3) is 3.01. The molecule has 2 amide bonds. The lowest BCUT2D eigenvalue weighted by Gasteiger charge is -2.30. The minimum atomic E-state index is -0.626. The lowest BCUT2D eigenvalue weighted by atomic mass is 9.89. The number of hydrogen-bond acceptors (Lipinski definition) is 5. The monoisotopic (exact) mass is 277 g/mol. The number of allylic oxidation sites excluding steroid dienone is 3. The zero-order valence-corrected chi connectivity index (χ0v) is 10.6. The van der Waals surface area contributed by atoms with Gasteiger partial charge in [-0.05, 0) is 11.6 Å². The quantitative estimate of drug-likeness (QED) is 0.362. The van der Waals surface area contributed by atoms with E-state index in [0.717, 1.165) is 5.57 Å². The maximum Gasteiger partial charge on any atom is 0.267 e. The molecule has 0 spiro atoms. The standard InChI is InChI=1S/C13H15N3O4/c17-6-5-16-8-14-11-7-9(2-4-12(18)15-20)1-3-10(11)13(16)19/h1-4,7-8,10-11,17,20H,5-6H2,(H,15,18)/b4-2+. The van der Waals surface area contributed by atoms with Crippen molar-refractivity contribution in [3.8, 4) is 0 Å². The predicted octanol–water partition coefficient (Wildman–Crippen LogP) is -0.608. The van der Waals surface area contributed by atoms with Crippen molar-refractivity contribution in [1.29, 1.82) is 0 Å². The van der Waals surface area contributed by atoms with Gasteiger partial charge in [0.05, 0.1) is 24.9 Å². The molecule has 2 rings (SSSR count). The number of rotatable bonds is 4. The highest BCUT2D eigenvalue weighted by Gasteiger charge is 2.32. The van der Waals surface area contributed by atoms with Crippen molar-refractivity contribution >= 4 is 18.2 Å². The Bertz CT molecular complexity index is 522.